The minimum absolute atomic E-state index is 0.0451. The van der Waals surface area contributed by atoms with Gasteiger partial charge in [-0.2, -0.15) is 10.2 Å². The Labute approximate surface area is 222 Å². The van der Waals surface area contributed by atoms with Crippen molar-refractivity contribution in [3.63, 3.8) is 0 Å². The molecule has 1 aliphatic rings. The van der Waals surface area contributed by atoms with Gasteiger partial charge in [0.15, 0.2) is 5.65 Å². The van der Waals surface area contributed by atoms with Crippen LogP contribution in [-0.2, 0) is 13.0 Å². The first-order valence-corrected chi connectivity index (χ1v) is 12.7. The zero-order chi connectivity index (χ0) is 27.0. The van der Waals surface area contributed by atoms with Crippen molar-refractivity contribution in [1.29, 1.82) is 0 Å². The van der Waals surface area contributed by atoms with Gasteiger partial charge >= 0.3 is 0 Å². The van der Waals surface area contributed by atoms with Crippen LogP contribution in [0, 0.1) is 5.82 Å². The van der Waals surface area contributed by atoms with Crippen LogP contribution < -0.4 is 5.56 Å². The summed E-state index contributed by atoms with van der Waals surface area (Å²) in [5.41, 5.74) is 1.77. The van der Waals surface area contributed by atoms with E-state index in [1.54, 1.807) is 23.2 Å². The summed E-state index contributed by atoms with van der Waals surface area (Å²) in [7, 11) is 0. The number of halogens is 1. The molecular formula is C28H26FN7O3. The number of H-pyrrole nitrogens is 1. The molecular weight excluding hydrogens is 501 g/mol. The molecule has 0 unspecified atom stereocenters. The van der Waals surface area contributed by atoms with Crippen molar-refractivity contribution in [3.8, 4) is 5.69 Å². The maximum Gasteiger partial charge on any atom is 0.264 e. The Bertz CT molecular complexity index is 1680. The summed E-state index contributed by atoms with van der Waals surface area (Å²) in [5.74, 6) is -0.505. The van der Waals surface area contributed by atoms with E-state index in [4.69, 9.17) is 0 Å². The molecule has 2 N–H and O–H groups in total. The number of aromatic amines is 1. The van der Waals surface area contributed by atoms with E-state index in [2.05, 4.69) is 20.3 Å². The summed E-state index contributed by atoms with van der Waals surface area (Å²) < 4.78 is 16.2. The number of fused-ring (bicyclic) bond motifs is 1. The molecule has 11 heteroatoms. The average Bonchev–Trinajstić information content (AvgIpc) is 3.59. The van der Waals surface area contributed by atoms with Gasteiger partial charge in [-0.3, -0.25) is 19.3 Å². The Morgan fingerprint density at radius 1 is 1.05 bits per heavy atom. The number of benzene rings is 2. The lowest BCUT2D eigenvalue weighted by Gasteiger charge is -2.38. The minimum atomic E-state index is -1.17. The molecule has 5 aromatic rings. The van der Waals surface area contributed by atoms with Crippen molar-refractivity contribution in [2.24, 2.45) is 0 Å². The van der Waals surface area contributed by atoms with Gasteiger partial charge in [0.25, 0.3) is 11.5 Å². The number of carbonyl (C=O) groups is 1. The molecule has 1 amide bonds. The van der Waals surface area contributed by atoms with Crippen LogP contribution >= 0.6 is 0 Å². The van der Waals surface area contributed by atoms with Crippen LogP contribution in [0.25, 0.3) is 16.7 Å². The third kappa shape index (κ3) is 4.84. The fourth-order valence-corrected chi connectivity index (χ4v) is 5.04. The second-order valence-corrected chi connectivity index (χ2v) is 9.89. The highest BCUT2D eigenvalue weighted by Gasteiger charge is 2.35. The van der Waals surface area contributed by atoms with Crippen LogP contribution in [-0.4, -0.2) is 64.1 Å². The number of nitrogens with one attached hydrogen (secondary N) is 1. The van der Waals surface area contributed by atoms with Gasteiger partial charge in [-0.05, 0) is 42.7 Å². The van der Waals surface area contributed by atoms with Gasteiger partial charge in [-0.25, -0.2) is 14.1 Å². The minimum Gasteiger partial charge on any atom is -0.388 e. The molecule has 6 rings (SSSR count). The van der Waals surface area contributed by atoms with E-state index in [0.29, 0.717) is 54.6 Å². The van der Waals surface area contributed by atoms with Crippen LogP contribution in [0.15, 0.2) is 78.1 Å². The van der Waals surface area contributed by atoms with Crippen molar-refractivity contribution >= 4 is 16.9 Å². The number of likely N-dealkylation sites (tertiary alicyclic amines) is 1. The van der Waals surface area contributed by atoms with Gasteiger partial charge in [0.2, 0.25) is 0 Å². The fourth-order valence-electron chi connectivity index (χ4n) is 5.04. The predicted molar refractivity (Wildman–Crippen MR) is 141 cm³/mol. The quantitative estimate of drug-likeness (QED) is 0.350. The molecule has 39 heavy (non-hydrogen) atoms. The van der Waals surface area contributed by atoms with E-state index in [-0.39, 0.29) is 23.8 Å². The predicted octanol–water partition coefficient (Wildman–Crippen LogP) is 2.70. The van der Waals surface area contributed by atoms with Crippen molar-refractivity contribution in [2.45, 2.75) is 31.4 Å². The molecule has 0 spiro atoms. The number of carbonyl (C=O) groups excluding carboxylic acids is 1. The van der Waals surface area contributed by atoms with Crippen LogP contribution in [0.1, 0.15) is 34.5 Å². The number of amides is 1. The molecule has 0 saturated carbocycles. The monoisotopic (exact) mass is 527 g/mol. The summed E-state index contributed by atoms with van der Waals surface area (Å²) in [4.78, 5) is 32.6. The first-order valence-electron chi connectivity index (χ1n) is 12.7. The number of aliphatic hydroxyl groups is 1. The maximum atomic E-state index is 13.3. The van der Waals surface area contributed by atoms with Gasteiger partial charge in [-0.15, -0.1) is 0 Å². The van der Waals surface area contributed by atoms with E-state index in [1.807, 2.05) is 30.3 Å². The molecule has 2 aromatic carbocycles. The molecule has 10 nitrogen and oxygen atoms in total. The summed E-state index contributed by atoms with van der Waals surface area (Å²) in [6, 6.07) is 15.6. The lowest BCUT2D eigenvalue weighted by molar-refractivity contribution is -0.0299. The second kappa shape index (κ2) is 9.91. The molecule has 0 atom stereocenters. The fraction of sp³-hybridized carbons (Fsp3) is 0.250. The molecule has 0 radical (unpaired) electrons. The zero-order valence-corrected chi connectivity index (χ0v) is 21.0. The normalized spacial score (nSPS) is 15.1. The Kier molecular flexibility index (Phi) is 6.27. The lowest BCUT2D eigenvalue weighted by atomic mass is 9.90. The van der Waals surface area contributed by atoms with Crippen molar-refractivity contribution < 1.29 is 14.3 Å². The molecule has 0 bridgehead atoms. The maximum absolute atomic E-state index is 13.3. The van der Waals surface area contributed by atoms with Crippen molar-refractivity contribution in [1.82, 2.24) is 34.4 Å². The summed E-state index contributed by atoms with van der Waals surface area (Å²) in [6.45, 7) is 0.736. The van der Waals surface area contributed by atoms with Gasteiger partial charge < -0.3 is 10.0 Å². The third-order valence-electron chi connectivity index (χ3n) is 7.24. The molecule has 1 fully saturated rings. The Morgan fingerprint density at radius 3 is 2.54 bits per heavy atom. The highest BCUT2D eigenvalue weighted by Crippen LogP contribution is 2.26. The second-order valence-electron chi connectivity index (χ2n) is 9.89. The van der Waals surface area contributed by atoms with Gasteiger partial charge in [0.1, 0.15) is 17.5 Å². The van der Waals surface area contributed by atoms with Crippen molar-refractivity contribution in [3.05, 3.63) is 106 Å². The molecule has 1 aliphatic heterocycles. The first kappa shape index (κ1) is 24.7. The average molecular weight is 528 g/mol. The molecule has 198 valence electrons. The van der Waals surface area contributed by atoms with E-state index in [0.717, 1.165) is 11.3 Å². The van der Waals surface area contributed by atoms with E-state index in [1.165, 1.54) is 33.9 Å². The third-order valence-corrected chi connectivity index (χ3v) is 7.24. The van der Waals surface area contributed by atoms with Crippen LogP contribution in [0.4, 0.5) is 4.39 Å². The summed E-state index contributed by atoms with van der Waals surface area (Å²) >= 11 is 0. The first-order chi connectivity index (χ1) is 18.9. The smallest absolute Gasteiger partial charge is 0.264 e. The number of piperidine rings is 1. The lowest BCUT2D eigenvalue weighted by Crippen LogP contribution is -2.49. The van der Waals surface area contributed by atoms with E-state index >= 15 is 0 Å². The topological polar surface area (TPSA) is 122 Å². The zero-order valence-electron chi connectivity index (χ0n) is 21.0. The summed E-state index contributed by atoms with van der Waals surface area (Å²) in [6.07, 6.45) is 5.55. The number of nitrogens with zero attached hydrogens (tertiary/aromatic N) is 6. The van der Waals surface area contributed by atoms with Gasteiger partial charge in [0.05, 0.1) is 41.5 Å². The van der Waals surface area contributed by atoms with E-state index < -0.39 is 5.60 Å². The number of hydrogen-bond donors (Lipinski definition) is 2. The number of hydrogen-bond acceptors (Lipinski definition) is 6. The molecule has 0 aliphatic carbocycles. The highest BCUT2D eigenvalue weighted by atomic mass is 19.1. The van der Waals surface area contributed by atoms with Crippen molar-refractivity contribution in [2.75, 3.05) is 13.1 Å². The Balaban J connectivity index is 1.14. The van der Waals surface area contributed by atoms with Crippen LogP contribution in [0.2, 0.25) is 0 Å². The van der Waals surface area contributed by atoms with E-state index in [9.17, 15) is 19.1 Å². The van der Waals surface area contributed by atoms with Gasteiger partial charge in [-0.1, -0.05) is 30.3 Å². The molecule has 3 aromatic heterocycles. The number of rotatable bonds is 6. The van der Waals surface area contributed by atoms with Gasteiger partial charge in [0, 0.05) is 19.5 Å². The van der Waals surface area contributed by atoms with Crippen LogP contribution in [0.5, 0.6) is 0 Å². The highest BCUT2D eigenvalue weighted by molar-refractivity contribution is 5.95. The Morgan fingerprint density at radius 2 is 1.79 bits per heavy atom. The summed E-state index contributed by atoms with van der Waals surface area (Å²) in [5, 5.41) is 22.9. The molecule has 1 saturated heterocycles. The standard InChI is InChI=1S/C28H26FN7O3/c29-20-6-8-21(9-7-20)36-25-23(16-32-36)27(38)35(18-30-25)17-28(39)10-12-34(13-11-28)26(37)22-15-31-33-24(22)14-19-4-2-1-3-5-19/h1-9,15-16,18,39H,10-14,17H2,(H,31,33). The Hall–Kier alpha value is -4.64. The largest absolute Gasteiger partial charge is 0.388 e. The number of aromatic nitrogens is 6. The SMILES string of the molecule is O=C(c1cn[nH]c1Cc1ccccc1)N1CCC(O)(Cn2cnc3c(cnn3-c3ccc(F)cc3)c2=O)CC1. The molecule has 4 heterocycles. The van der Waals surface area contributed by atoms with Crippen LogP contribution in [0.3, 0.4) is 0 Å².